The number of carbonyl (C=O) groups is 3. The van der Waals surface area contributed by atoms with Gasteiger partial charge in [0, 0.05) is 24.0 Å². The molecule has 4 amide bonds. The Morgan fingerprint density at radius 3 is 2.65 bits per heavy atom. The molecule has 2 unspecified atom stereocenters. The van der Waals surface area contributed by atoms with Gasteiger partial charge in [0.1, 0.15) is 6.04 Å². The van der Waals surface area contributed by atoms with Crippen molar-refractivity contribution in [2.24, 2.45) is 0 Å². The third-order valence-electron chi connectivity index (χ3n) is 4.43. The maximum atomic E-state index is 12.5. The molecule has 0 radical (unpaired) electrons. The molecule has 26 heavy (non-hydrogen) atoms. The minimum Gasteiger partial charge on any atom is -0.352 e. The van der Waals surface area contributed by atoms with Gasteiger partial charge >= 0.3 is 6.03 Å². The van der Waals surface area contributed by atoms with Gasteiger partial charge in [-0.05, 0) is 50.1 Å². The Labute approximate surface area is 163 Å². The Bertz CT molecular complexity index is 662. The number of hydrogen-bond donors (Lipinski definition) is 3. The fourth-order valence-corrected chi connectivity index (χ4v) is 3.24. The second-order valence-electron chi connectivity index (χ2n) is 6.30. The van der Waals surface area contributed by atoms with Crippen LogP contribution < -0.4 is 20.9 Å². The van der Waals surface area contributed by atoms with Gasteiger partial charge in [0.25, 0.3) is 5.91 Å². The highest BCUT2D eigenvalue weighted by Crippen LogP contribution is 2.23. The molecule has 0 saturated carbocycles. The number of amides is 4. The summed E-state index contributed by atoms with van der Waals surface area (Å²) in [5.41, 5.74) is 0.465. The predicted molar refractivity (Wildman–Crippen MR) is 102 cm³/mol. The van der Waals surface area contributed by atoms with Crippen LogP contribution in [-0.4, -0.2) is 43.0 Å². The Balaban J connectivity index is 0.00000243. The van der Waals surface area contributed by atoms with Gasteiger partial charge in [-0.2, -0.15) is 0 Å². The highest BCUT2D eigenvalue weighted by molar-refractivity contribution is 6.30. The summed E-state index contributed by atoms with van der Waals surface area (Å²) < 4.78 is 0. The second-order valence-corrected chi connectivity index (χ2v) is 6.74. The first kappa shape index (κ1) is 20.5. The molecule has 0 bridgehead atoms. The fraction of sp³-hybridized carbons (Fsp3) is 0.471. The van der Waals surface area contributed by atoms with Crippen LogP contribution in [0.2, 0.25) is 5.02 Å². The number of nitrogens with zero attached hydrogens (tertiary/aromatic N) is 1. The Morgan fingerprint density at radius 1 is 1.27 bits per heavy atom. The van der Waals surface area contributed by atoms with Crippen molar-refractivity contribution in [3.8, 4) is 0 Å². The van der Waals surface area contributed by atoms with Crippen molar-refractivity contribution in [1.29, 1.82) is 0 Å². The number of imide groups is 1. The van der Waals surface area contributed by atoms with E-state index >= 15 is 0 Å². The Morgan fingerprint density at radius 2 is 2.00 bits per heavy atom. The van der Waals surface area contributed by atoms with Crippen LogP contribution in [0.15, 0.2) is 24.3 Å². The van der Waals surface area contributed by atoms with Crippen LogP contribution in [0.1, 0.15) is 25.7 Å². The molecule has 9 heteroatoms. The zero-order valence-corrected chi connectivity index (χ0v) is 15.7. The van der Waals surface area contributed by atoms with Crippen LogP contribution in [0.3, 0.4) is 0 Å². The summed E-state index contributed by atoms with van der Waals surface area (Å²) in [4.78, 5) is 37.7. The van der Waals surface area contributed by atoms with E-state index in [1.165, 1.54) is 0 Å². The van der Waals surface area contributed by atoms with Gasteiger partial charge in [-0.3, -0.25) is 9.59 Å². The third kappa shape index (κ3) is 4.87. The van der Waals surface area contributed by atoms with Gasteiger partial charge in [-0.25, -0.2) is 9.69 Å². The molecule has 2 heterocycles. The van der Waals surface area contributed by atoms with Crippen molar-refractivity contribution >= 4 is 47.5 Å². The van der Waals surface area contributed by atoms with Crippen LogP contribution in [0, 0.1) is 0 Å². The van der Waals surface area contributed by atoms with Gasteiger partial charge in [0.05, 0.1) is 5.69 Å². The lowest BCUT2D eigenvalue weighted by Crippen LogP contribution is -2.46. The number of piperidine rings is 1. The van der Waals surface area contributed by atoms with Crippen LogP contribution in [0.5, 0.6) is 0 Å². The molecule has 1 aromatic carbocycles. The van der Waals surface area contributed by atoms with E-state index in [-0.39, 0.29) is 43.1 Å². The lowest BCUT2D eigenvalue weighted by atomic mass is 10.1. The largest absolute Gasteiger partial charge is 0.352 e. The van der Waals surface area contributed by atoms with Gasteiger partial charge in [0.2, 0.25) is 5.91 Å². The molecule has 0 spiro atoms. The molecule has 2 aliphatic heterocycles. The molecular weight excluding hydrogens is 379 g/mol. The van der Waals surface area contributed by atoms with Crippen LogP contribution in [0.4, 0.5) is 10.5 Å². The zero-order valence-electron chi connectivity index (χ0n) is 14.2. The van der Waals surface area contributed by atoms with E-state index < -0.39 is 12.1 Å². The van der Waals surface area contributed by atoms with Crippen LogP contribution >= 0.6 is 24.0 Å². The molecule has 2 aliphatic rings. The summed E-state index contributed by atoms with van der Waals surface area (Å²) in [6.45, 7) is 1.75. The SMILES string of the molecule is Cl.O=C(CCC1NC(=O)N(c2ccc(Cl)cc2)C1=O)NC1CCCNC1. The Hall–Kier alpha value is -1.83. The summed E-state index contributed by atoms with van der Waals surface area (Å²) >= 11 is 5.83. The van der Waals surface area contributed by atoms with Gasteiger partial charge in [-0.1, -0.05) is 11.6 Å². The molecular formula is C17H22Cl2N4O3. The molecule has 142 valence electrons. The molecule has 3 rings (SSSR count). The molecule has 2 atom stereocenters. The maximum absolute atomic E-state index is 12.5. The fourth-order valence-electron chi connectivity index (χ4n) is 3.11. The lowest BCUT2D eigenvalue weighted by Gasteiger charge is -2.23. The quantitative estimate of drug-likeness (QED) is 0.657. The predicted octanol–water partition coefficient (Wildman–Crippen LogP) is 1.83. The number of benzene rings is 1. The van der Waals surface area contributed by atoms with Crippen molar-refractivity contribution in [2.45, 2.75) is 37.8 Å². The summed E-state index contributed by atoms with van der Waals surface area (Å²) in [5, 5.41) is 9.37. The Kier molecular flexibility index (Phi) is 7.25. The number of rotatable bonds is 5. The van der Waals surface area contributed by atoms with E-state index in [0.29, 0.717) is 10.7 Å². The first-order chi connectivity index (χ1) is 12.0. The molecule has 0 aromatic heterocycles. The molecule has 2 fully saturated rings. The average molecular weight is 401 g/mol. The molecule has 2 saturated heterocycles. The average Bonchev–Trinajstić information content (AvgIpc) is 2.89. The number of halogens is 2. The monoisotopic (exact) mass is 400 g/mol. The molecule has 1 aromatic rings. The van der Waals surface area contributed by atoms with Gasteiger partial charge < -0.3 is 16.0 Å². The number of carbonyl (C=O) groups excluding carboxylic acids is 3. The van der Waals surface area contributed by atoms with E-state index in [0.717, 1.165) is 30.8 Å². The van der Waals surface area contributed by atoms with E-state index in [2.05, 4.69) is 16.0 Å². The minimum atomic E-state index is -0.682. The molecule has 3 N–H and O–H groups in total. The smallest absolute Gasteiger partial charge is 0.329 e. The summed E-state index contributed by atoms with van der Waals surface area (Å²) in [6.07, 6.45) is 2.47. The molecule has 0 aliphatic carbocycles. The first-order valence-corrected chi connectivity index (χ1v) is 8.82. The number of anilines is 1. The van der Waals surface area contributed by atoms with Crippen molar-refractivity contribution in [3.05, 3.63) is 29.3 Å². The number of urea groups is 1. The third-order valence-corrected chi connectivity index (χ3v) is 4.68. The van der Waals surface area contributed by atoms with Gasteiger partial charge in [0.15, 0.2) is 0 Å². The van der Waals surface area contributed by atoms with E-state index in [4.69, 9.17) is 11.6 Å². The summed E-state index contributed by atoms with van der Waals surface area (Å²) in [5.74, 6) is -0.444. The standard InChI is InChI=1S/C17H21ClN4O3.ClH/c18-11-3-5-13(6-4-11)22-16(24)14(21-17(22)25)7-8-15(23)20-12-2-1-9-19-10-12;/h3-6,12,14,19H,1-2,7-10H2,(H,20,23)(H,21,25);1H. The van der Waals surface area contributed by atoms with E-state index in [1.807, 2.05) is 0 Å². The van der Waals surface area contributed by atoms with Crippen molar-refractivity contribution in [3.63, 3.8) is 0 Å². The summed E-state index contributed by atoms with van der Waals surface area (Å²) in [7, 11) is 0. The highest BCUT2D eigenvalue weighted by Gasteiger charge is 2.38. The normalized spacial score (nSPS) is 22.6. The highest BCUT2D eigenvalue weighted by atomic mass is 35.5. The lowest BCUT2D eigenvalue weighted by molar-refractivity contribution is -0.122. The maximum Gasteiger partial charge on any atom is 0.329 e. The van der Waals surface area contributed by atoms with Crippen LogP contribution in [0.25, 0.3) is 0 Å². The molecule has 7 nitrogen and oxygen atoms in total. The van der Waals surface area contributed by atoms with E-state index in [9.17, 15) is 14.4 Å². The summed E-state index contributed by atoms with van der Waals surface area (Å²) in [6, 6.07) is 5.45. The topological polar surface area (TPSA) is 90.5 Å². The number of nitrogens with one attached hydrogen (secondary N) is 3. The van der Waals surface area contributed by atoms with E-state index in [1.54, 1.807) is 24.3 Å². The first-order valence-electron chi connectivity index (χ1n) is 8.44. The zero-order chi connectivity index (χ0) is 17.8. The second kappa shape index (κ2) is 9.21. The number of hydrogen-bond acceptors (Lipinski definition) is 4. The van der Waals surface area contributed by atoms with Crippen molar-refractivity contribution in [2.75, 3.05) is 18.0 Å². The minimum absolute atomic E-state index is 0. The van der Waals surface area contributed by atoms with Crippen molar-refractivity contribution < 1.29 is 14.4 Å². The van der Waals surface area contributed by atoms with Crippen molar-refractivity contribution in [1.82, 2.24) is 16.0 Å². The van der Waals surface area contributed by atoms with Crippen LogP contribution in [-0.2, 0) is 9.59 Å². The van der Waals surface area contributed by atoms with Gasteiger partial charge in [-0.15, -0.1) is 12.4 Å².